The quantitative estimate of drug-likeness (QED) is 0.840. The number of benzene rings is 1. The second-order valence-corrected chi connectivity index (χ2v) is 4.49. The van der Waals surface area contributed by atoms with Crippen LogP contribution in [0.15, 0.2) is 30.3 Å². The van der Waals surface area contributed by atoms with Crippen LogP contribution in [0.25, 0.3) is 0 Å². The topological polar surface area (TPSA) is 67.2 Å². The van der Waals surface area contributed by atoms with Gasteiger partial charge in [-0.3, -0.25) is 9.48 Å². The third kappa shape index (κ3) is 3.71. The molecule has 1 heterocycles. The fraction of sp³-hybridized carbons (Fsp3) is 0.250. The molecule has 21 heavy (non-hydrogen) atoms. The van der Waals surface area contributed by atoms with Crippen molar-refractivity contribution in [3.05, 3.63) is 47.3 Å². The first-order valence-electron chi connectivity index (χ1n) is 6.68. The second kappa shape index (κ2) is 6.73. The van der Waals surface area contributed by atoms with Crippen molar-refractivity contribution in [2.24, 2.45) is 7.05 Å². The van der Waals surface area contributed by atoms with Crippen LogP contribution in [-0.4, -0.2) is 27.4 Å². The van der Waals surface area contributed by atoms with Crippen LogP contribution in [0, 0.1) is 11.8 Å². The summed E-state index contributed by atoms with van der Waals surface area (Å²) < 4.78 is 1.58. The number of amides is 1. The number of aliphatic hydroxyl groups excluding tert-OH is 1. The van der Waals surface area contributed by atoms with Gasteiger partial charge in [0.05, 0.1) is 5.69 Å². The zero-order valence-corrected chi connectivity index (χ0v) is 12.1. The molecule has 2 N–H and O–H groups in total. The smallest absolute Gasteiger partial charge is 0.273 e. The zero-order chi connectivity index (χ0) is 15.2. The number of aromatic nitrogens is 2. The van der Waals surface area contributed by atoms with Crippen molar-refractivity contribution in [2.75, 3.05) is 11.9 Å². The summed E-state index contributed by atoms with van der Waals surface area (Å²) in [7, 11) is 1.75. The van der Waals surface area contributed by atoms with Gasteiger partial charge in [0.2, 0.25) is 0 Å². The van der Waals surface area contributed by atoms with Gasteiger partial charge in [-0.1, -0.05) is 18.8 Å². The van der Waals surface area contributed by atoms with Crippen molar-refractivity contribution < 1.29 is 9.90 Å². The van der Waals surface area contributed by atoms with Crippen molar-refractivity contribution >= 4 is 11.6 Å². The van der Waals surface area contributed by atoms with Crippen LogP contribution < -0.4 is 5.32 Å². The monoisotopic (exact) mass is 283 g/mol. The normalized spacial score (nSPS) is 9.86. The molecule has 1 amide bonds. The Labute approximate surface area is 123 Å². The standard InChI is InChI=1S/C16H17N3O2/c1-3-13-11-15(19(2)18-13)16(21)17-14-8-6-12(7-9-14)5-4-10-20/h6-9,11,20H,3,10H2,1-2H3,(H,17,21). The van der Waals surface area contributed by atoms with Crippen LogP contribution in [0.1, 0.15) is 28.7 Å². The Hall–Kier alpha value is -2.58. The minimum Gasteiger partial charge on any atom is -0.384 e. The summed E-state index contributed by atoms with van der Waals surface area (Å²) in [4.78, 5) is 12.2. The molecule has 5 nitrogen and oxygen atoms in total. The minimum absolute atomic E-state index is 0.168. The van der Waals surface area contributed by atoms with E-state index in [-0.39, 0.29) is 12.5 Å². The fourth-order valence-corrected chi connectivity index (χ4v) is 1.89. The van der Waals surface area contributed by atoms with E-state index in [0.29, 0.717) is 11.4 Å². The molecule has 5 heteroatoms. The predicted octanol–water partition coefficient (Wildman–Crippen LogP) is 1.58. The van der Waals surface area contributed by atoms with E-state index >= 15 is 0 Å². The minimum atomic E-state index is -0.195. The third-order valence-corrected chi connectivity index (χ3v) is 2.98. The molecule has 0 bridgehead atoms. The molecule has 0 saturated carbocycles. The first-order valence-corrected chi connectivity index (χ1v) is 6.68. The van der Waals surface area contributed by atoms with Crippen molar-refractivity contribution in [2.45, 2.75) is 13.3 Å². The van der Waals surface area contributed by atoms with Gasteiger partial charge in [0.1, 0.15) is 12.3 Å². The molecule has 0 radical (unpaired) electrons. The van der Waals surface area contributed by atoms with Crippen molar-refractivity contribution in [3.63, 3.8) is 0 Å². The molecule has 0 aliphatic carbocycles. The molecule has 0 atom stereocenters. The van der Waals surface area contributed by atoms with Gasteiger partial charge < -0.3 is 10.4 Å². The summed E-state index contributed by atoms with van der Waals surface area (Å²) in [5.74, 6) is 5.18. The van der Waals surface area contributed by atoms with Gasteiger partial charge in [-0.15, -0.1) is 0 Å². The van der Waals surface area contributed by atoms with E-state index in [4.69, 9.17) is 5.11 Å². The van der Waals surface area contributed by atoms with E-state index in [2.05, 4.69) is 22.3 Å². The molecule has 1 aromatic carbocycles. The summed E-state index contributed by atoms with van der Waals surface area (Å²) in [5, 5.41) is 15.7. The van der Waals surface area contributed by atoms with Gasteiger partial charge in [-0.2, -0.15) is 5.10 Å². The molecular formula is C16H17N3O2. The molecular weight excluding hydrogens is 266 g/mol. The highest BCUT2D eigenvalue weighted by molar-refractivity contribution is 6.03. The highest BCUT2D eigenvalue weighted by Gasteiger charge is 2.12. The Morgan fingerprint density at radius 3 is 2.67 bits per heavy atom. The lowest BCUT2D eigenvalue weighted by molar-refractivity contribution is 0.101. The number of hydrogen-bond acceptors (Lipinski definition) is 3. The average Bonchev–Trinajstić information content (AvgIpc) is 2.88. The Morgan fingerprint density at radius 1 is 1.38 bits per heavy atom. The van der Waals surface area contributed by atoms with Crippen LogP contribution in [0.3, 0.4) is 0 Å². The molecule has 108 valence electrons. The van der Waals surface area contributed by atoms with Crippen LogP contribution in [0.5, 0.6) is 0 Å². The summed E-state index contributed by atoms with van der Waals surface area (Å²) in [6, 6.07) is 8.92. The first-order chi connectivity index (χ1) is 10.1. The Morgan fingerprint density at radius 2 is 2.10 bits per heavy atom. The lowest BCUT2D eigenvalue weighted by Crippen LogP contribution is -2.15. The average molecular weight is 283 g/mol. The molecule has 0 aliphatic rings. The van der Waals surface area contributed by atoms with Gasteiger partial charge >= 0.3 is 0 Å². The van der Waals surface area contributed by atoms with Gasteiger partial charge in [-0.05, 0) is 36.8 Å². The van der Waals surface area contributed by atoms with Crippen LogP contribution >= 0.6 is 0 Å². The van der Waals surface area contributed by atoms with Gasteiger partial charge in [0, 0.05) is 18.3 Å². The summed E-state index contributed by atoms with van der Waals surface area (Å²) in [6.45, 7) is 1.83. The molecule has 0 aliphatic heterocycles. The number of aryl methyl sites for hydroxylation is 2. The Bertz CT molecular complexity index is 691. The molecule has 0 spiro atoms. The maximum Gasteiger partial charge on any atom is 0.273 e. The van der Waals surface area contributed by atoms with E-state index in [0.717, 1.165) is 17.7 Å². The van der Waals surface area contributed by atoms with E-state index < -0.39 is 0 Å². The van der Waals surface area contributed by atoms with Crippen LogP contribution in [0.4, 0.5) is 5.69 Å². The third-order valence-electron chi connectivity index (χ3n) is 2.98. The summed E-state index contributed by atoms with van der Waals surface area (Å²) in [5.41, 5.74) is 2.89. The lowest BCUT2D eigenvalue weighted by atomic mass is 10.2. The molecule has 2 rings (SSSR count). The van der Waals surface area contributed by atoms with Crippen molar-refractivity contribution in [1.29, 1.82) is 0 Å². The summed E-state index contributed by atoms with van der Waals surface area (Å²) >= 11 is 0. The number of anilines is 1. The Balaban J connectivity index is 2.10. The number of hydrogen-bond donors (Lipinski definition) is 2. The summed E-state index contributed by atoms with van der Waals surface area (Å²) in [6.07, 6.45) is 0.791. The number of carbonyl (C=O) groups is 1. The van der Waals surface area contributed by atoms with E-state index in [1.807, 2.05) is 6.92 Å². The Kier molecular flexibility index (Phi) is 4.75. The SMILES string of the molecule is CCc1cc(C(=O)Nc2ccc(C#CCO)cc2)n(C)n1. The zero-order valence-electron chi connectivity index (χ0n) is 12.1. The largest absolute Gasteiger partial charge is 0.384 e. The fourth-order valence-electron chi connectivity index (χ4n) is 1.89. The maximum atomic E-state index is 12.2. The molecule has 0 fully saturated rings. The van der Waals surface area contributed by atoms with Crippen LogP contribution in [0.2, 0.25) is 0 Å². The number of carbonyl (C=O) groups excluding carboxylic acids is 1. The number of nitrogens with one attached hydrogen (secondary N) is 1. The van der Waals surface area contributed by atoms with Crippen molar-refractivity contribution in [3.8, 4) is 11.8 Å². The highest BCUT2D eigenvalue weighted by Crippen LogP contribution is 2.11. The van der Waals surface area contributed by atoms with Gasteiger partial charge in [0.25, 0.3) is 5.91 Å². The number of rotatable bonds is 3. The van der Waals surface area contributed by atoms with Crippen LogP contribution in [-0.2, 0) is 13.5 Å². The van der Waals surface area contributed by atoms with E-state index in [1.54, 1.807) is 42.1 Å². The molecule has 0 unspecified atom stereocenters. The predicted molar refractivity (Wildman–Crippen MR) is 80.9 cm³/mol. The number of nitrogens with zero attached hydrogens (tertiary/aromatic N) is 2. The van der Waals surface area contributed by atoms with Gasteiger partial charge in [-0.25, -0.2) is 0 Å². The lowest BCUT2D eigenvalue weighted by Gasteiger charge is -2.05. The van der Waals surface area contributed by atoms with E-state index in [1.165, 1.54) is 0 Å². The van der Waals surface area contributed by atoms with Crippen molar-refractivity contribution in [1.82, 2.24) is 9.78 Å². The van der Waals surface area contributed by atoms with E-state index in [9.17, 15) is 4.79 Å². The molecule has 1 aromatic heterocycles. The maximum absolute atomic E-state index is 12.2. The molecule has 0 saturated heterocycles. The van der Waals surface area contributed by atoms with Gasteiger partial charge in [0.15, 0.2) is 0 Å². The molecule has 2 aromatic rings. The number of aliphatic hydroxyl groups is 1. The second-order valence-electron chi connectivity index (χ2n) is 4.49. The first kappa shape index (κ1) is 14.8. The highest BCUT2D eigenvalue weighted by atomic mass is 16.2.